The Labute approximate surface area is 162 Å². The van der Waals surface area contributed by atoms with E-state index < -0.39 is 5.41 Å². The van der Waals surface area contributed by atoms with Crippen LogP contribution in [0.5, 0.6) is 0 Å². The number of carbonyl (C=O) groups is 1. The normalized spacial score (nSPS) is 14.9. The zero-order valence-electron chi connectivity index (χ0n) is 16.2. The number of hydrogen-bond acceptors (Lipinski definition) is 7. The fourth-order valence-electron chi connectivity index (χ4n) is 3.39. The smallest absolute Gasteiger partial charge is 0.242 e. The van der Waals surface area contributed by atoms with Gasteiger partial charge in [-0.05, 0) is 38.0 Å². The van der Waals surface area contributed by atoms with Crippen LogP contribution in [0.3, 0.4) is 0 Å². The minimum atomic E-state index is -0.685. The quantitative estimate of drug-likeness (QED) is 0.724. The second-order valence-electron chi connectivity index (χ2n) is 7.23. The van der Waals surface area contributed by atoms with Gasteiger partial charge in [0.2, 0.25) is 5.91 Å². The number of nitrogen functional groups attached to an aromatic ring is 1. The van der Waals surface area contributed by atoms with E-state index >= 15 is 0 Å². The first-order valence-electron chi connectivity index (χ1n) is 8.91. The van der Waals surface area contributed by atoms with Crippen molar-refractivity contribution in [1.82, 2.24) is 19.9 Å². The summed E-state index contributed by atoms with van der Waals surface area (Å²) in [6, 6.07) is 5.91. The van der Waals surface area contributed by atoms with Crippen LogP contribution in [0.15, 0.2) is 36.8 Å². The lowest BCUT2D eigenvalue weighted by atomic mass is 9.85. The van der Waals surface area contributed by atoms with Crippen molar-refractivity contribution in [2.45, 2.75) is 26.2 Å². The van der Waals surface area contributed by atoms with Crippen molar-refractivity contribution in [2.24, 2.45) is 0 Å². The topological polar surface area (TPSA) is 110 Å². The largest absolute Gasteiger partial charge is 0.381 e. The van der Waals surface area contributed by atoms with E-state index in [1.165, 1.54) is 0 Å². The van der Waals surface area contributed by atoms with Crippen LogP contribution >= 0.6 is 0 Å². The number of benzene rings is 1. The number of aryl methyl sites for hydroxylation is 1. The third-order valence-electron chi connectivity index (χ3n) is 5.02. The van der Waals surface area contributed by atoms with E-state index in [-0.39, 0.29) is 11.7 Å². The molecular formula is C20H21N7O. The summed E-state index contributed by atoms with van der Waals surface area (Å²) >= 11 is 0. The number of fused-ring (bicyclic) bond motifs is 1. The molecule has 0 saturated heterocycles. The van der Waals surface area contributed by atoms with Crippen LogP contribution in [0.25, 0.3) is 11.1 Å². The Bertz CT molecular complexity index is 1080. The van der Waals surface area contributed by atoms with Gasteiger partial charge >= 0.3 is 0 Å². The monoisotopic (exact) mass is 375 g/mol. The fourth-order valence-corrected chi connectivity index (χ4v) is 3.39. The van der Waals surface area contributed by atoms with Crippen molar-refractivity contribution >= 4 is 29.0 Å². The Morgan fingerprint density at radius 2 is 1.79 bits per heavy atom. The van der Waals surface area contributed by atoms with Crippen LogP contribution in [0.4, 0.5) is 23.1 Å². The first-order valence-corrected chi connectivity index (χ1v) is 8.91. The number of nitrogens with two attached hydrogens (primary N) is 1. The SMILES string of the molecule is CNc1ncc(N2C(=O)C(C)(C)c3ccc(-c4cnc(C)nc4)cc32)nc1N. The molecule has 3 heterocycles. The van der Waals surface area contributed by atoms with E-state index in [2.05, 4.69) is 25.3 Å². The first kappa shape index (κ1) is 17.8. The van der Waals surface area contributed by atoms with Crippen LogP contribution in [0.1, 0.15) is 25.2 Å². The van der Waals surface area contributed by atoms with Gasteiger partial charge in [-0.3, -0.25) is 9.69 Å². The Morgan fingerprint density at radius 1 is 1.07 bits per heavy atom. The minimum absolute atomic E-state index is 0.0780. The summed E-state index contributed by atoms with van der Waals surface area (Å²) in [6.45, 7) is 5.65. The third-order valence-corrected chi connectivity index (χ3v) is 5.02. The molecule has 8 heteroatoms. The van der Waals surface area contributed by atoms with E-state index in [9.17, 15) is 4.79 Å². The van der Waals surface area contributed by atoms with Gasteiger partial charge in [-0.25, -0.2) is 19.9 Å². The molecule has 28 heavy (non-hydrogen) atoms. The molecule has 1 aliphatic heterocycles. The number of nitrogens with one attached hydrogen (secondary N) is 1. The van der Waals surface area contributed by atoms with Crippen molar-refractivity contribution < 1.29 is 4.79 Å². The highest BCUT2D eigenvalue weighted by Gasteiger charge is 2.45. The van der Waals surface area contributed by atoms with Gasteiger partial charge in [-0.1, -0.05) is 12.1 Å². The van der Waals surface area contributed by atoms with Gasteiger partial charge in [0.15, 0.2) is 17.5 Å². The molecule has 1 aromatic carbocycles. The average Bonchev–Trinajstić information content (AvgIpc) is 2.88. The molecule has 1 aliphatic rings. The highest BCUT2D eigenvalue weighted by atomic mass is 16.2. The predicted molar refractivity (Wildman–Crippen MR) is 108 cm³/mol. The second kappa shape index (κ2) is 6.26. The molecule has 0 fully saturated rings. The number of carbonyl (C=O) groups excluding carboxylic acids is 1. The zero-order valence-corrected chi connectivity index (χ0v) is 16.2. The van der Waals surface area contributed by atoms with Crippen molar-refractivity contribution in [2.75, 3.05) is 23.0 Å². The van der Waals surface area contributed by atoms with Crippen LogP contribution in [-0.4, -0.2) is 32.9 Å². The Morgan fingerprint density at radius 3 is 2.43 bits per heavy atom. The third kappa shape index (κ3) is 2.65. The fraction of sp³-hybridized carbons (Fsp3) is 0.250. The molecule has 4 rings (SSSR count). The van der Waals surface area contributed by atoms with Gasteiger partial charge in [0.1, 0.15) is 5.82 Å². The van der Waals surface area contributed by atoms with Gasteiger partial charge in [0.25, 0.3) is 0 Å². The van der Waals surface area contributed by atoms with Gasteiger partial charge in [0, 0.05) is 25.0 Å². The van der Waals surface area contributed by atoms with Crippen molar-refractivity contribution in [3.63, 3.8) is 0 Å². The van der Waals surface area contributed by atoms with Gasteiger partial charge in [-0.2, -0.15) is 0 Å². The summed E-state index contributed by atoms with van der Waals surface area (Å²) in [5.74, 6) is 1.73. The Kier molecular flexibility index (Phi) is 3.99. The van der Waals surface area contributed by atoms with Crippen molar-refractivity contribution in [3.05, 3.63) is 48.2 Å². The highest BCUT2D eigenvalue weighted by molar-refractivity contribution is 6.12. The molecule has 0 atom stereocenters. The maximum Gasteiger partial charge on any atom is 0.242 e. The minimum Gasteiger partial charge on any atom is -0.381 e. The van der Waals surface area contributed by atoms with E-state index in [1.54, 1.807) is 30.5 Å². The molecule has 0 bridgehead atoms. The Hall–Kier alpha value is -3.55. The summed E-state index contributed by atoms with van der Waals surface area (Å²) < 4.78 is 0. The Balaban J connectivity index is 1.86. The van der Waals surface area contributed by atoms with E-state index in [0.717, 1.165) is 22.4 Å². The number of nitrogens with zero attached hydrogens (tertiary/aromatic N) is 5. The lowest BCUT2D eigenvalue weighted by Crippen LogP contribution is -2.33. The summed E-state index contributed by atoms with van der Waals surface area (Å²) in [5.41, 5.74) is 8.77. The van der Waals surface area contributed by atoms with Crippen LogP contribution < -0.4 is 16.0 Å². The van der Waals surface area contributed by atoms with E-state index in [1.807, 2.05) is 39.0 Å². The maximum atomic E-state index is 13.2. The zero-order chi connectivity index (χ0) is 20.1. The summed E-state index contributed by atoms with van der Waals surface area (Å²) in [7, 11) is 1.72. The number of aromatic nitrogens is 4. The van der Waals surface area contributed by atoms with Gasteiger partial charge < -0.3 is 11.1 Å². The molecule has 3 aromatic rings. The first-order chi connectivity index (χ1) is 13.3. The van der Waals surface area contributed by atoms with Gasteiger partial charge in [0.05, 0.1) is 17.3 Å². The molecule has 0 aliphatic carbocycles. The molecule has 0 unspecified atom stereocenters. The number of rotatable bonds is 3. The van der Waals surface area contributed by atoms with Gasteiger partial charge in [-0.15, -0.1) is 0 Å². The molecule has 1 amide bonds. The van der Waals surface area contributed by atoms with Crippen molar-refractivity contribution in [3.8, 4) is 11.1 Å². The molecule has 3 N–H and O–H groups in total. The summed E-state index contributed by atoms with van der Waals surface area (Å²) in [6.07, 6.45) is 5.10. The maximum absolute atomic E-state index is 13.2. The van der Waals surface area contributed by atoms with Crippen LogP contribution in [0.2, 0.25) is 0 Å². The number of anilines is 4. The molecule has 0 radical (unpaired) electrons. The number of hydrogen-bond donors (Lipinski definition) is 2. The standard InChI is InChI=1S/C20H21N7O/c1-11-23-8-13(9-24-11)12-5-6-14-15(7-12)27(19(28)20(14,2)3)16-10-25-18(22-4)17(21)26-16/h5-10H,1-4H3,(H2,21,26)(H,22,25). The van der Waals surface area contributed by atoms with Crippen LogP contribution in [0, 0.1) is 6.92 Å². The average molecular weight is 375 g/mol. The van der Waals surface area contributed by atoms with E-state index in [0.29, 0.717) is 17.5 Å². The predicted octanol–water partition coefficient (Wildman–Crippen LogP) is 2.82. The molecule has 0 saturated carbocycles. The summed E-state index contributed by atoms with van der Waals surface area (Å²) in [4.78, 5) is 32.0. The summed E-state index contributed by atoms with van der Waals surface area (Å²) in [5, 5.41) is 2.88. The lowest BCUT2D eigenvalue weighted by Gasteiger charge is -2.20. The lowest BCUT2D eigenvalue weighted by molar-refractivity contribution is -0.121. The van der Waals surface area contributed by atoms with Crippen LogP contribution in [-0.2, 0) is 10.2 Å². The molecule has 142 valence electrons. The molecular weight excluding hydrogens is 354 g/mol. The second-order valence-corrected chi connectivity index (χ2v) is 7.23. The molecule has 8 nitrogen and oxygen atoms in total. The van der Waals surface area contributed by atoms with Crippen molar-refractivity contribution in [1.29, 1.82) is 0 Å². The molecule has 2 aromatic heterocycles. The highest BCUT2D eigenvalue weighted by Crippen LogP contribution is 2.46. The number of amides is 1. The van der Waals surface area contributed by atoms with E-state index in [4.69, 9.17) is 5.73 Å². The molecule has 0 spiro atoms.